The SMILES string of the molecule is CC(C)c1ncc(-c2ccc(-c3cnc(-c4cnc([C@@H]5CCCN5)[nH]4)cn3)cc2)[nH]1. The lowest BCUT2D eigenvalue weighted by molar-refractivity contribution is 0.613. The fourth-order valence-electron chi connectivity index (χ4n) is 3.78. The van der Waals surface area contributed by atoms with E-state index in [0.717, 1.165) is 58.5 Å². The molecule has 1 saturated heterocycles. The highest BCUT2D eigenvalue weighted by atomic mass is 15.0. The Labute approximate surface area is 175 Å². The van der Waals surface area contributed by atoms with E-state index in [4.69, 9.17) is 0 Å². The molecule has 1 aromatic carbocycles. The van der Waals surface area contributed by atoms with Gasteiger partial charge in [-0.2, -0.15) is 0 Å². The summed E-state index contributed by atoms with van der Waals surface area (Å²) in [5.41, 5.74) is 5.70. The van der Waals surface area contributed by atoms with Gasteiger partial charge in [0.05, 0.1) is 47.9 Å². The van der Waals surface area contributed by atoms with E-state index in [1.807, 2.05) is 18.6 Å². The van der Waals surface area contributed by atoms with Gasteiger partial charge in [-0.3, -0.25) is 9.97 Å². The van der Waals surface area contributed by atoms with Crippen LogP contribution in [0, 0.1) is 0 Å². The molecular weight excluding hydrogens is 374 g/mol. The lowest BCUT2D eigenvalue weighted by Gasteiger charge is -2.06. The van der Waals surface area contributed by atoms with Gasteiger partial charge in [0.15, 0.2) is 0 Å². The molecule has 1 aliphatic heterocycles. The molecule has 30 heavy (non-hydrogen) atoms. The minimum atomic E-state index is 0.316. The largest absolute Gasteiger partial charge is 0.342 e. The fourth-order valence-corrected chi connectivity index (χ4v) is 3.78. The van der Waals surface area contributed by atoms with E-state index in [1.54, 1.807) is 6.20 Å². The molecule has 1 aliphatic rings. The third-order valence-corrected chi connectivity index (χ3v) is 5.55. The van der Waals surface area contributed by atoms with Crippen LogP contribution in [0.2, 0.25) is 0 Å². The summed E-state index contributed by atoms with van der Waals surface area (Å²) in [5.74, 6) is 2.36. The summed E-state index contributed by atoms with van der Waals surface area (Å²) in [5, 5.41) is 3.46. The van der Waals surface area contributed by atoms with E-state index < -0.39 is 0 Å². The molecule has 5 rings (SSSR count). The van der Waals surface area contributed by atoms with Crippen molar-refractivity contribution in [2.24, 2.45) is 0 Å². The number of H-pyrrole nitrogens is 2. The zero-order chi connectivity index (χ0) is 20.5. The van der Waals surface area contributed by atoms with Gasteiger partial charge in [-0.25, -0.2) is 9.97 Å². The average molecular weight is 400 g/mol. The Morgan fingerprint density at radius 3 is 2.20 bits per heavy atom. The van der Waals surface area contributed by atoms with Gasteiger partial charge >= 0.3 is 0 Å². The molecule has 4 heterocycles. The number of benzene rings is 1. The molecule has 0 bridgehead atoms. The van der Waals surface area contributed by atoms with Crippen molar-refractivity contribution < 1.29 is 0 Å². The summed E-state index contributed by atoms with van der Waals surface area (Å²) < 4.78 is 0. The molecule has 0 radical (unpaired) electrons. The summed E-state index contributed by atoms with van der Waals surface area (Å²) in [6.45, 7) is 5.31. The van der Waals surface area contributed by atoms with Crippen LogP contribution in [0.3, 0.4) is 0 Å². The van der Waals surface area contributed by atoms with E-state index in [1.165, 1.54) is 6.42 Å². The van der Waals surface area contributed by atoms with E-state index in [9.17, 15) is 0 Å². The van der Waals surface area contributed by atoms with Gasteiger partial charge in [0.1, 0.15) is 17.3 Å². The third kappa shape index (κ3) is 3.64. The summed E-state index contributed by atoms with van der Waals surface area (Å²) in [6, 6.07) is 8.61. The molecule has 0 amide bonds. The number of hydrogen-bond donors (Lipinski definition) is 3. The number of nitrogens with zero attached hydrogens (tertiary/aromatic N) is 4. The van der Waals surface area contributed by atoms with E-state index in [0.29, 0.717) is 12.0 Å². The van der Waals surface area contributed by atoms with Crippen LogP contribution in [-0.2, 0) is 0 Å². The standard InChI is InChI=1S/C23H25N7/c1-14(2)22-27-11-19(29-22)16-7-5-15(6-8-16)18-10-26-20(12-25-18)21-13-28-23(30-21)17-4-3-9-24-17/h5-8,10-14,17,24H,3-4,9H2,1-2H3,(H,27,29)(H,28,30)/t17-/m0/s1. The van der Waals surface area contributed by atoms with Gasteiger partial charge in [-0.05, 0) is 24.9 Å². The Morgan fingerprint density at radius 2 is 1.53 bits per heavy atom. The van der Waals surface area contributed by atoms with Crippen LogP contribution in [0.25, 0.3) is 33.9 Å². The summed E-state index contributed by atoms with van der Waals surface area (Å²) in [7, 11) is 0. The normalized spacial score (nSPS) is 16.4. The first-order valence-corrected chi connectivity index (χ1v) is 10.4. The summed E-state index contributed by atoms with van der Waals surface area (Å²) in [6.07, 6.45) is 9.64. The lowest BCUT2D eigenvalue weighted by atomic mass is 10.1. The van der Waals surface area contributed by atoms with Crippen molar-refractivity contribution in [1.82, 2.24) is 35.2 Å². The molecule has 7 heteroatoms. The van der Waals surface area contributed by atoms with Crippen molar-refractivity contribution in [2.75, 3.05) is 6.54 Å². The van der Waals surface area contributed by atoms with E-state index >= 15 is 0 Å². The zero-order valence-corrected chi connectivity index (χ0v) is 17.2. The van der Waals surface area contributed by atoms with Crippen LogP contribution in [0.15, 0.2) is 49.1 Å². The molecule has 1 atom stereocenters. The number of aromatic amines is 2. The molecule has 7 nitrogen and oxygen atoms in total. The number of imidazole rings is 2. The second-order valence-electron chi connectivity index (χ2n) is 8.03. The number of nitrogens with one attached hydrogen (secondary N) is 3. The van der Waals surface area contributed by atoms with Crippen molar-refractivity contribution in [3.8, 4) is 33.9 Å². The number of aromatic nitrogens is 6. The van der Waals surface area contributed by atoms with Crippen LogP contribution in [0.1, 0.15) is 50.3 Å². The molecule has 4 aromatic rings. The van der Waals surface area contributed by atoms with Crippen LogP contribution >= 0.6 is 0 Å². The van der Waals surface area contributed by atoms with Crippen molar-refractivity contribution in [3.05, 3.63) is 60.7 Å². The van der Waals surface area contributed by atoms with Gasteiger partial charge in [0.25, 0.3) is 0 Å². The molecule has 3 aromatic heterocycles. The maximum absolute atomic E-state index is 4.62. The predicted molar refractivity (Wildman–Crippen MR) is 117 cm³/mol. The highest BCUT2D eigenvalue weighted by Gasteiger charge is 2.19. The topological polar surface area (TPSA) is 95.2 Å². The van der Waals surface area contributed by atoms with Gasteiger partial charge in [-0.15, -0.1) is 0 Å². The Balaban J connectivity index is 1.32. The second kappa shape index (κ2) is 7.84. The fraction of sp³-hybridized carbons (Fsp3) is 0.304. The van der Waals surface area contributed by atoms with Crippen molar-refractivity contribution in [1.29, 1.82) is 0 Å². The average Bonchev–Trinajstić information content (AvgIpc) is 3.55. The molecule has 152 valence electrons. The molecule has 1 fully saturated rings. The highest BCUT2D eigenvalue weighted by Crippen LogP contribution is 2.26. The Bertz CT molecular complexity index is 1120. The third-order valence-electron chi connectivity index (χ3n) is 5.55. The van der Waals surface area contributed by atoms with Crippen LogP contribution in [-0.4, -0.2) is 36.4 Å². The van der Waals surface area contributed by atoms with Gasteiger partial charge in [-0.1, -0.05) is 38.1 Å². The van der Waals surface area contributed by atoms with Crippen LogP contribution in [0.4, 0.5) is 0 Å². The van der Waals surface area contributed by atoms with E-state index in [2.05, 4.69) is 73.3 Å². The first-order chi connectivity index (χ1) is 14.7. The number of rotatable bonds is 5. The van der Waals surface area contributed by atoms with Crippen molar-refractivity contribution >= 4 is 0 Å². The summed E-state index contributed by atoms with van der Waals surface area (Å²) in [4.78, 5) is 24.9. The molecule has 0 spiro atoms. The number of hydrogen-bond acceptors (Lipinski definition) is 5. The maximum atomic E-state index is 4.62. The first kappa shape index (κ1) is 18.7. The quantitative estimate of drug-likeness (QED) is 0.460. The predicted octanol–water partition coefficient (Wildman–Crippen LogP) is 4.47. The first-order valence-electron chi connectivity index (χ1n) is 10.4. The maximum Gasteiger partial charge on any atom is 0.123 e. The Hall–Kier alpha value is -3.32. The Morgan fingerprint density at radius 1 is 0.800 bits per heavy atom. The molecular formula is C23H25N7. The Kier molecular flexibility index (Phi) is 4.88. The zero-order valence-electron chi connectivity index (χ0n) is 17.2. The van der Waals surface area contributed by atoms with Gasteiger partial charge in [0.2, 0.25) is 0 Å². The van der Waals surface area contributed by atoms with Gasteiger partial charge in [0, 0.05) is 11.5 Å². The van der Waals surface area contributed by atoms with Crippen molar-refractivity contribution in [2.45, 2.75) is 38.6 Å². The van der Waals surface area contributed by atoms with E-state index in [-0.39, 0.29) is 0 Å². The smallest absolute Gasteiger partial charge is 0.123 e. The van der Waals surface area contributed by atoms with Gasteiger partial charge < -0.3 is 15.3 Å². The molecule has 0 unspecified atom stereocenters. The molecule has 3 N–H and O–H groups in total. The summed E-state index contributed by atoms with van der Waals surface area (Å²) >= 11 is 0. The minimum Gasteiger partial charge on any atom is -0.342 e. The molecule has 0 aliphatic carbocycles. The van der Waals surface area contributed by atoms with Crippen LogP contribution in [0.5, 0.6) is 0 Å². The highest BCUT2D eigenvalue weighted by molar-refractivity contribution is 5.66. The minimum absolute atomic E-state index is 0.316. The van der Waals surface area contributed by atoms with Crippen LogP contribution < -0.4 is 5.32 Å². The molecule has 0 saturated carbocycles. The van der Waals surface area contributed by atoms with Crippen molar-refractivity contribution in [3.63, 3.8) is 0 Å². The monoisotopic (exact) mass is 399 g/mol. The second-order valence-corrected chi connectivity index (χ2v) is 8.03. The lowest BCUT2D eigenvalue weighted by Crippen LogP contribution is -2.14.